The minimum Gasteiger partial charge on any atom is -0.494 e. The van der Waals surface area contributed by atoms with Gasteiger partial charge < -0.3 is 19.5 Å². The first kappa shape index (κ1) is 30.4. The van der Waals surface area contributed by atoms with Crippen LogP contribution in [0, 0.1) is 11.3 Å². The summed E-state index contributed by atoms with van der Waals surface area (Å²) in [6, 6.07) is 7.35. The van der Waals surface area contributed by atoms with Gasteiger partial charge in [-0.2, -0.15) is 0 Å². The zero-order valence-corrected chi connectivity index (χ0v) is 23.6. The minimum atomic E-state index is -0.567. The van der Waals surface area contributed by atoms with Gasteiger partial charge in [-0.25, -0.2) is 0 Å². The van der Waals surface area contributed by atoms with Crippen LogP contribution in [0.25, 0.3) is 0 Å². The van der Waals surface area contributed by atoms with E-state index in [1.807, 2.05) is 45.0 Å². The third-order valence-electron chi connectivity index (χ3n) is 6.88. The van der Waals surface area contributed by atoms with Crippen molar-refractivity contribution in [3.8, 4) is 5.75 Å². The van der Waals surface area contributed by atoms with Gasteiger partial charge in [0.1, 0.15) is 11.4 Å². The normalized spacial score (nSPS) is 16.8. The zero-order valence-electron chi connectivity index (χ0n) is 22.9. The van der Waals surface area contributed by atoms with Crippen LogP contribution in [0.5, 0.6) is 5.75 Å². The molecule has 36 heavy (non-hydrogen) atoms. The van der Waals surface area contributed by atoms with Crippen molar-refractivity contribution in [2.45, 2.75) is 104 Å². The molecule has 0 saturated heterocycles. The average molecular weight is 524 g/mol. The lowest BCUT2D eigenvalue weighted by Crippen LogP contribution is -2.46. The molecule has 0 unspecified atom stereocenters. The number of amides is 1. The molecule has 2 atom stereocenters. The van der Waals surface area contributed by atoms with E-state index in [4.69, 9.17) is 25.8 Å². The highest BCUT2D eigenvalue weighted by molar-refractivity contribution is 6.30. The summed E-state index contributed by atoms with van der Waals surface area (Å²) in [5.41, 5.74) is -1.11. The van der Waals surface area contributed by atoms with Crippen LogP contribution in [-0.2, 0) is 19.1 Å². The number of carbonyl (C=O) groups excluding carboxylic acids is 2. The third-order valence-corrected chi connectivity index (χ3v) is 7.13. The molecule has 1 amide bonds. The number of methoxy groups -OCH3 is 1. The van der Waals surface area contributed by atoms with Gasteiger partial charge in [-0.05, 0) is 77.1 Å². The maximum atomic E-state index is 13.8. The fraction of sp³-hybridized carbons (Fsp3) is 0.724. The molecule has 1 saturated carbocycles. The molecule has 0 bridgehead atoms. The summed E-state index contributed by atoms with van der Waals surface area (Å²) in [6.45, 7) is 8.76. The highest BCUT2D eigenvalue weighted by Crippen LogP contribution is 2.44. The largest absolute Gasteiger partial charge is 0.494 e. The van der Waals surface area contributed by atoms with E-state index in [9.17, 15) is 9.59 Å². The summed E-state index contributed by atoms with van der Waals surface area (Å²) in [5.74, 6) is 0.233. The maximum Gasteiger partial charge on any atom is 0.309 e. The van der Waals surface area contributed by atoms with E-state index in [2.05, 4.69) is 12.2 Å². The van der Waals surface area contributed by atoms with Crippen molar-refractivity contribution in [3.05, 3.63) is 29.3 Å². The number of benzene rings is 1. The van der Waals surface area contributed by atoms with Crippen molar-refractivity contribution in [2.75, 3.05) is 20.3 Å². The quantitative estimate of drug-likeness (QED) is 0.258. The van der Waals surface area contributed by atoms with Crippen LogP contribution in [0.2, 0.25) is 5.02 Å². The minimum absolute atomic E-state index is 0.0289. The van der Waals surface area contributed by atoms with E-state index >= 15 is 0 Å². The Labute approximate surface area is 222 Å². The molecule has 1 aromatic rings. The predicted octanol–water partition coefficient (Wildman–Crippen LogP) is 6.73. The van der Waals surface area contributed by atoms with Gasteiger partial charge in [-0.3, -0.25) is 9.59 Å². The van der Waals surface area contributed by atoms with E-state index in [1.165, 1.54) is 0 Å². The Kier molecular flexibility index (Phi) is 12.5. The molecule has 1 fully saturated rings. The molecule has 0 aromatic heterocycles. The van der Waals surface area contributed by atoms with Gasteiger partial charge in [0.15, 0.2) is 0 Å². The summed E-state index contributed by atoms with van der Waals surface area (Å²) in [4.78, 5) is 26.8. The summed E-state index contributed by atoms with van der Waals surface area (Å²) < 4.78 is 16.9. The summed E-state index contributed by atoms with van der Waals surface area (Å²) >= 11 is 5.96. The molecular formula is C29H46ClNO5. The second-order valence-corrected chi connectivity index (χ2v) is 11.5. The van der Waals surface area contributed by atoms with E-state index in [-0.39, 0.29) is 23.8 Å². The fourth-order valence-corrected chi connectivity index (χ4v) is 5.05. The van der Waals surface area contributed by atoms with Crippen LogP contribution in [0.15, 0.2) is 24.3 Å². The van der Waals surface area contributed by atoms with E-state index in [0.717, 1.165) is 57.1 Å². The molecule has 1 aromatic carbocycles. The SMILES string of the molecule is CCCC[C@@H](CCOc1ccc(Cl)cc1)NC(=O)C1(C[C@@H](CCOC)C(=O)OC(C)(C)C)CCCC1. The average Bonchev–Trinajstić information content (AvgIpc) is 3.30. The molecule has 0 spiro atoms. The van der Waals surface area contributed by atoms with Crippen LogP contribution >= 0.6 is 11.6 Å². The number of carbonyl (C=O) groups is 2. The number of hydrogen-bond donors (Lipinski definition) is 1. The zero-order chi connectivity index (χ0) is 26.6. The van der Waals surface area contributed by atoms with Crippen molar-refractivity contribution in [1.29, 1.82) is 0 Å². The Morgan fingerprint density at radius 3 is 2.31 bits per heavy atom. The number of esters is 1. The van der Waals surface area contributed by atoms with Crippen molar-refractivity contribution in [3.63, 3.8) is 0 Å². The Morgan fingerprint density at radius 2 is 1.72 bits per heavy atom. The molecule has 204 valence electrons. The first-order valence-electron chi connectivity index (χ1n) is 13.5. The highest BCUT2D eigenvalue weighted by atomic mass is 35.5. The highest BCUT2D eigenvalue weighted by Gasteiger charge is 2.45. The second kappa shape index (κ2) is 14.8. The molecule has 1 aliphatic carbocycles. The molecule has 2 rings (SSSR count). The Bertz CT molecular complexity index is 799. The lowest BCUT2D eigenvalue weighted by Gasteiger charge is -2.34. The van der Waals surface area contributed by atoms with E-state index in [1.54, 1.807) is 7.11 Å². The number of ether oxygens (including phenoxy) is 3. The molecule has 0 aliphatic heterocycles. The molecule has 1 N–H and O–H groups in total. The molecule has 6 nitrogen and oxygen atoms in total. The van der Waals surface area contributed by atoms with Gasteiger partial charge in [0.2, 0.25) is 5.91 Å². The first-order chi connectivity index (χ1) is 17.1. The Balaban J connectivity index is 2.08. The summed E-state index contributed by atoms with van der Waals surface area (Å²) in [5, 5.41) is 4.03. The fourth-order valence-electron chi connectivity index (χ4n) is 4.92. The van der Waals surface area contributed by atoms with Gasteiger partial charge in [0.25, 0.3) is 0 Å². The monoisotopic (exact) mass is 523 g/mol. The molecular weight excluding hydrogens is 478 g/mol. The molecule has 1 aliphatic rings. The van der Waals surface area contributed by atoms with Crippen molar-refractivity contribution in [2.24, 2.45) is 11.3 Å². The number of hydrogen-bond acceptors (Lipinski definition) is 5. The second-order valence-electron chi connectivity index (χ2n) is 11.1. The standard InChI is InChI=1S/C29H46ClNO5/c1-6-7-10-24(16-20-35-25-13-11-23(30)12-14-25)31-27(33)29(17-8-9-18-29)21-22(15-19-34-5)26(32)36-28(2,3)4/h11-14,22,24H,6-10,15-21H2,1-5H3,(H,31,33)/t22-,24+/m1/s1. The number of halogens is 1. The number of nitrogens with one attached hydrogen (secondary N) is 1. The molecule has 0 heterocycles. The number of rotatable bonds is 15. The van der Waals surface area contributed by atoms with Crippen molar-refractivity contribution >= 4 is 23.5 Å². The third kappa shape index (κ3) is 10.3. The molecule has 0 radical (unpaired) electrons. The Hall–Kier alpha value is -1.79. The number of unbranched alkanes of at least 4 members (excludes halogenated alkanes) is 1. The predicted molar refractivity (Wildman–Crippen MR) is 144 cm³/mol. The van der Waals surface area contributed by atoms with Gasteiger partial charge in [-0.1, -0.05) is 44.2 Å². The smallest absolute Gasteiger partial charge is 0.309 e. The van der Waals surface area contributed by atoms with Gasteiger partial charge in [0.05, 0.1) is 17.9 Å². The Morgan fingerprint density at radius 1 is 1.06 bits per heavy atom. The van der Waals surface area contributed by atoms with Crippen LogP contribution in [-0.4, -0.2) is 43.8 Å². The van der Waals surface area contributed by atoms with Crippen molar-refractivity contribution in [1.82, 2.24) is 5.32 Å². The van der Waals surface area contributed by atoms with Gasteiger partial charge >= 0.3 is 5.97 Å². The summed E-state index contributed by atoms with van der Waals surface area (Å²) in [7, 11) is 1.63. The van der Waals surface area contributed by atoms with Crippen LogP contribution in [0.3, 0.4) is 0 Å². The molecule has 7 heteroatoms. The maximum absolute atomic E-state index is 13.8. The topological polar surface area (TPSA) is 73.9 Å². The van der Waals surface area contributed by atoms with Gasteiger partial charge in [0, 0.05) is 31.2 Å². The van der Waals surface area contributed by atoms with Crippen molar-refractivity contribution < 1.29 is 23.8 Å². The lowest BCUT2D eigenvalue weighted by molar-refractivity contribution is -0.162. The van der Waals surface area contributed by atoms with Crippen LogP contribution < -0.4 is 10.1 Å². The lowest BCUT2D eigenvalue weighted by atomic mass is 9.75. The van der Waals surface area contributed by atoms with E-state index in [0.29, 0.717) is 31.1 Å². The van der Waals surface area contributed by atoms with E-state index < -0.39 is 11.0 Å². The first-order valence-corrected chi connectivity index (χ1v) is 13.9. The summed E-state index contributed by atoms with van der Waals surface area (Å²) in [6.07, 6.45) is 8.37. The van der Waals surface area contributed by atoms with Crippen LogP contribution in [0.4, 0.5) is 0 Å². The van der Waals surface area contributed by atoms with Crippen LogP contribution in [0.1, 0.15) is 91.9 Å². The van der Waals surface area contributed by atoms with Gasteiger partial charge in [-0.15, -0.1) is 0 Å².